The summed E-state index contributed by atoms with van der Waals surface area (Å²) in [6.45, 7) is 11.4. The predicted octanol–water partition coefficient (Wildman–Crippen LogP) is 3.94. The second kappa shape index (κ2) is 8.55. The van der Waals surface area contributed by atoms with E-state index in [1.54, 1.807) is 0 Å². The topological polar surface area (TPSA) is 18.5 Å². The summed E-state index contributed by atoms with van der Waals surface area (Å²) in [7, 11) is -2.36. The zero-order valence-electron chi connectivity index (χ0n) is 17.0. The molecule has 2 nitrogen and oxygen atoms in total. The Morgan fingerprint density at radius 2 is 1.58 bits per heavy atom. The first-order valence-electron chi connectivity index (χ1n) is 10.5. The Kier molecular flexibility index (Phi) is 6.60. The summed E-state index contributed by atoms with van der Waals surface area (Å²) in [5.41, 5.74) is 1.34. The lowest BCUT2D eigenvalue weighted by Gasteiger charge is -2.45. The van der Waals surface area contributed by atoms with Gasteiger partial charge < -0.3 is 9.47 Å². The molecule has 0 spiro atoms. The minimum atomic E-state index is -1.33. The van der Waals surface area contributed by atoms with Crippen molar-refractivity contribution in [3.8, 4) is 0 Å². The van der Waals surface area contributed by atoms with Crippen LogP contribution in [0.25, 0.3) is 0 Å². The highest BCUT2D eigenvalue weighted by atomic mass is 28.3. The number of hydrogen-bond donors (Lipinski definition) is 0. The van der Waals surface area contributed by atoms with Gasteiger partial charge in [0.05, 0.1) is 19.2 Å². The first-order chi connectivity index (χ1) is 12.5. The highest BCUT2D eigenvalue weighted by molar-refractivity contribution is 6.75. The van der Waals surface area contributed by atoms with E-state index in [4.69, 9.17) is 9.47 Å². The molecule has 0 aromatic heterocycles. The maximum Gasteiger partial charge on any atom is 0.110 e. The van der Waals surface area contributed by atoms with Crippen molar-refractivity contribution in [1.29, 1.82) is 0 Å². The summed E-state index contributed by atoms with van der Waals surface area (Å²) in [5.74, 6) is 0. The number of ether oxygens (including phenoxy) is 2. The molecule has 2 fully saturated rings. The Balaban J connectivity index is 1.98. The first-order valence-corrected chi connectivity index (χ1v) is 15.6. The normalized spacial score (nSPS) is 31.8. The summed E-state index contributed by atoms with van der Waals surface area (Å²) in [6, 6.07) is 11.1. The molecule has 0 bridgehead atoms. The van der Waals surface area contributed by atoms with Gasteiger partial charge in [0.1, 0.15) is 8.80 Å². The van der Waals surface area contributed by atoms with Crippen LogP contribution >= 0.6 is 0 Å². The SMILES string of the molecule is CC(=[C]C1([SiH](C)C)CCCCO1)C1([SiH](C)c2ccccc2)CCCCO1. The summed E-state index contributed by atoms with van der Waals surface area (Å²) in [5, 5.41) is 1.30. The second-order valence-corrected chi connectivity index (χ2v) is 14.7. The maximum atomic E-state index is 6.63. The summed E-state index contributed by atoms with van der Waals surface area (Å²) in [6.07, 6.45) is 11.2. The van der Waals surface area contributed by atoms with Crippen LogP contribution in [-0.4, -0.2) is 41.3 Å². The van der Waals surface area contributed by atoms with Gasteiger partial charge in [0.25, 0.3) is 0 Å². The molecule has 3 rings (SSSR count). The fraction of sp³-hybridized carbons (Fsp3) is 0.636. The van der Waals surface area contributed by atoms with Crippen LogP contribution in [0.15, 0.2) is 35.9 Å². The van der Waals surface area contributed by atoms with Crippen molar-refractivity contribution in [1.82, 2.24) is 0 Å². The monoisotopic (exact) mass is 387 g/mol. The van der Waals surface area contributed by atoms with Crippen LogP contribution in [0.5, 0.6) is 0 Å². The van der Waals surface area contributed by atoms with Gasteiger partial charge in [0.2, 0.25) is 0 Å². The summed E-state index contributed by atoms with van der Waals surface area (Å²) in [4.78, 5) is 0. The molecule has 2 aliphatic rings. The molecule has 1 radical (unpaired) electrons. The van der Waals surface area contributed by atoms with Crippen molar-refractivity contribution in [3.05, 3.63) is 42.0 Å². The highest BCUT2D eigenvalue weighted by Crippen LogP contribution is 2.38. The Labute approximate surface area is 163 Å². The Morgan fingerprint density at radius 1 is 0.923 bits per heavy atom. The van der Waals surface area contributed by atoms with Crippen LogP contribution < -0.4 is 5.19 Å². The largest absolute Gasteiger partial charge is 0.374 e. The predicted molar refractivity (Wildman–Crippen MR) is 115 cm³/mol. The van der Waals surface area contributed by atoms with E-state index in [0.717, 1.165) is 26.1 Å². The third-order valence-corrected chi connectivity index (χ3v) is 12.7. The van der Waals surface area contributed by atoms with Crippen molar-refractivity contribution in [3.63, 3.8) is 0 Å². The number of hydrogen-bond acceptors (Lipinski definition) is 2. The fourth-order valence-corrected chi connectivity index (χ4v) is 9.53. The third kappa shape index (κ3) is 3.93. The molecule has 0 aliphatic carbocycles. The molecule has 3 unspecified atom stereocenters. The summed E-state index contributed by atoms with van der Waals surface area (Å²) >= 11 is 0. The lowest BCUT2D eigenvalue weighted by atomic mass is 9.97. The molecule has 4 heteroatoms. The van der Waals surface area contributed by atoms with E-state index in [2.05, 4.69) is 63.0 Å². The number of rotatable bonds is 5. The van der Waals surface area contributed by atoms with Gasteiger partial charge in [-0.1, -0.05) is 55.2 Å². The molecule has 26 heavy (non-hydrogen) atoms. The molecule has 2 aliphatic heterocycles. The molecular formula is C22H35O2Si2. The van der Waals surface area contributed by atoms with Crippen LogP contribution in [-0.2, 0) is 9.47 Å². The lowest BCUT2D eigenvalue weighted by molar-refractivity contribution is -0.0104. The molecule has 0 saturated carbocycles. The van der Waals surface area contributed by atoms with Gasteiger partial charge in [0, 0.05) is 13.2 Å². The van der Waals surface area contributed by atoms with Crippen LogP contribution in [0, 0.1) is 6.08 Å². The van der Waals surface area contributed by atoms with E-state index in [9.17, 15) is 0 Å². The van der Waals surface area contributed by atoms with Crippen molar-refractivity contribution in [2.75, 3.05) is 13.2 Å². The fourth-order valence-electron chi connectivity index (χ4n) is 4.73. The van der Waals surface area contributed by atoms with E-state index in [1.807, 2.05) is 0 Å². The van der Waals surface area contributed by atoms with Crippen molar-refractivity contribution >= 4 is 22.8 Å². The van der Waals surface area contributed by atoms with Gasteiger partial charge in [-0.05, 0) is 57.1 Å². The molecule has 2 saturated heterocycles. The third-order valence-electron chi connectivity index (χ3n) is 6.57. The first kappa shape index (κ1) is 20.1. The second-order valence-electron chi connectivity index (χ2n) is 8.43. The zero-order valence-corrected chi connectivity index (χ0v) is 19.3. The minimum absolute atomic E-state index is 0.0963. The minimum Gasteiger partial charge on any atom is -0.374 e. The van der Waals surface area contributed by atoms with Crippen LogP contribution in [0.1, 0.15) is 45.4 Å². The van der Waals surface area contributed by atoms with E-state index >= 15 is 0 Å². The molecule has 3 atom stereocenters. The van der Waals surface area contributed by atoms with Gasteiger partial charge in [-0.2, -0.15) is 0 Å². The number of benzene rings is 1. The highest BCUT2D eigenvalue weighted by Gasteiger charge is 2.45. The van der Waals surface area contributed by atoms with Gasteiger partial charge in [-0.25, -0.2) is 0 Å². The molecule has 1 aromatic carbocycles. The average molecular weight is 388 g/mol. The van der Waals surface area contributed by atoms with Gasteiger partial charge in [0.15, 0.2) is 0 Å². The van der Waals surface area contributed by atoms with Crippen molar-refractivity contribution in [2.45, 2.75) is 75.5 Å². The molecule has 1 aromatic rings. The Morgan fingerprint density at radius 3 is 2.12 bits per heavy atom. The Bertz CT molecular complexity index is 600. The van der Waals surface area contributed by atoms with Crippen molar-refractivity contribution in [2.24, 2.45) is 0 Å². The van der Waals surface area contributed by atoms with Gasteiger partial charge >= 0.3 is 0 Å². The molecule has 143 valence electrons. The van der Waals surface area contributed by atoms with Crippen LogP contribution in [0.2, 0.25) is 19.6 Å². The van der Waals surface area contributed by atoms with Crippen molar-refractivity contribution < 1.29 is 9.47 Å². The van der Waals surface area contributed by atoms with E-state index in [0.29, 0.717) is 0 Å². The van der Waals surface area contributed by atoms with Gasteiger partial charge in [-0.15, -0.1) is 0 Å². The molecular weight excluding hydrogens is 352 g/mol. The van der Waals surface area contributed by atoms with E-state index in [-0.39, 0.29) is 10.4 Å². The standard InChI is InChI=1S/C22H35O2Si2/c1-19(18-21(25(2)3)14-8-10-16-23-21)22(15-9-11-17-24-22)26(4)20-12-6-5-7-13-20/h5-7,12-13,25-26H,8-11,14-17H2,1-4H3. The smallest absolute Gasteiger partial charge is 0.110 e. The van der Waals surface area contributed by atoms with E-state index in [1.165, 1.54) is 36.4 Å². The van der Waals surface area contributed by atoms with Crippen LogP contribution in [0.4, 0.5) is 0 Å². The maximum absolute atomic E-state index is 6.63. The summed E-state index contributed by atoms with van der Waals surface area (Å²) < 4.78 is 13.0. The average Bonchev–Trinajstić information content (AvgIpc) is 2.69. The molecule has 2 heterocycles. The van der Waals surface area contributed by atoms with E-state index < -0.39 is 17.6 Å². The van der Waals surface area contributed by atoms with Gasteiger partial charge in [-0.3, -0.25) is 0 Å². The van der Waals surface area contributed by atoms with Crippen LogP contribution in [0.3, 0.4) is 0 Å². The molecule has 0 N–H and O–H groups in total. The quantitative estimate of drug-likeness (QED) is 0.712. The lowest BCUT2D eigenvalue weighted by Crippen LogP contribution is -2.57. The molecule has 0 amide bonds. The zero-order chi connectivity index (χ0) is 18.6. The Hall–Kier alpha value is -0.686.